The van der Waals surface area contributed by atoms with Crippen molar-refractivity contribution in [1.82, 2.24) is 10.6 Å². The summed E-state index contributed by atoms with van der Waals surface area (Å²) in [6.45, 7) is 1.07. The Hall–Kier alpha value is -0.570. The number of carbonyl (C=O) groups excluding carboxylic acids is 1. The fourth-order valence-corrected chi connectivity index (χ4v) is 6.98. The smallest absolute Gasteiger partial charge is 0.237 e. The average Bonchev–Trinajstić information content (AvgIpc) is 3.22. The molecule has 1 heterocycles. The summed E-state index contributed by atoms with van der Waals surface area (Å²) in [5.41, 5.74) is 0. The number of rotatable bonds is 2. The Morgan fingerprint density at radius 3 is 2.62 bits per heavy atom. The largest absolute Gasteiger partial charge is 0.352 e. The molecule has 0 spiro atoms. The number of amides is 1. The standard InChI is InChI=1S/C18H28N2O/c21-18(17-13-5-1-3-10(13)9-19-17)20-16-8-11-7-15(16)14-6-2-4-12(11)14/h10-17,19H,1-9H2,(H,20,21). The van der Waals surface area contributed by atoms with E-state index in [4.69, 9.17) is 0 Å². The van der Waals surface area contributed by atoms with Gasteiger partial charge in [-0.1, -0.05) is 12.8 Å². The van der Waals surface area contributed by atoms with E-state index < -0.39 is 0 Å². The van der Waals surface area contributed by atoms with Gasteiger partial charge in [-0.3, -0.25) is 4.79 Å². The average molecular weight is 288 g/mol. The zero-order valence-electron chi connectivity index (χ0n) is 12.9. The minimum atomic E-state index is 0.121. The van der Waals surface area contributed by atoms with Crippen molar-refractivity contribution in [2.75, 3.05) is 6.54 Å². The first-order chi connectivity index (χ1) is 10.3. The first-order valence-corrected chi connectivity index (χ1v) is 9.35. The van der Waals surface area contributed by atoms with Crippen LogP contribution < -0.4 is 10.6 Å². The lowest BCUT2D eigenvalue weighted by atomic mass is 9.79. The Bertz CT molecular complexity index is 450. The molecule has 8 atom stereocenters. The molecule has 4 saturated carbocycles. The van der Waals surface area contributed by atoms with Gasteiger partial charge in [0.25, 0.3) is 0 Å². The van der Waals surface area contributed by atoms with Crippen LogP contribution in [0.4, 0.5) is 0 Å². The van der Waals surface area contributed by atoms with E-state index in [0.29, 0.717) is 17.9 Å². The van der Waals surface area contributed by atoms with Crippen molar-refractivity contribution in [3.63, 3.8) is 0 Å². The van der Waals surface area contributed by atoms with Crippen molar-refractivity contribution in [3.05, 3.63) is 0 Å². The summed E-state index contributed by atoms with van der Waals surface area (Å²) in [5, 5.41) is 6.99. The van der Waals surface area contributed by atoms with Gasteiger partial charge >= 0.3 is 0 Å². The van der Waals surface area contributed by atoms with Crippen molar-refractivity contribution in [2.24, 2.45) is 35.5 Å². The maximum Gasteiger partial charge on any atom is 0.237 e. The van der Waals surface area contributed by atoms with Crippen LogP contribution >= 0.6 is 0 Å². The highest BCUT2D eigenvalue weighted by molar-refractivity contribution is 5.83. The highest BCUT2D eigenvalue weighted by Gasteiger charge is 2.54. The Kier molecular flexibility index (Phi) is 2.90. The minimum Gasteiger partial charge on any atom is -0.352 e. The van der Waals surface area contributed by atoms with E-state index in [9.17, 15) is 4.79 Å². The number of carbonyl (C=O) groups is 1. The highest BCUT2D eigenvalue weighted by atomic mass is 16.2. The quantitative estimate of drug-likeness (QED) is 0.819. The van der Waals surface area contributed by atoms with E-state index in [1.807, 2.05) is 0 Å². The molecule has 1 saturated heterocycles. The van der Waals surface area contributed by atoms with E-state index in [1.54, 1.807) is 0 Å². The maximum atomic E-state index is 12.7. The topological polar surface area (TPSA) is 41.1 Å². The molecule has 0 aromatic heterocycles. The molecule has 0 radical (unpaired) electrons. The van der Waals surface area contributed by atoms with Crippen LogP contribution in [0.25, 0.3) is 0 Å². The lowest BCUT2D eigenvalue weighted by Crippen LogP contribution is -2.50. The zero-order chi connectivity index (χ0) is 14.0. The predicted octanol–water partition coefficient (Wildman–Crippen LogP) is 2.32. The number of hydrogen-bond acceptors (Lipinski definition) is 2. The highest BCUT2D eigenvalue weighted by Crippen LogP contribution is 2.58. The van der Waals surface area contributed by atoms with Crippen LogP contribution in [0.15, 0.2) is 0 Å². The lowest BCUT2D eigenvalue weighted by molar-refractivity contribution is -0.125. The second-order valence-corrected chi connectivity index (χ2v) is 8.51. The molecule has 1 aliphatic heterocycles. The van der Waals surface area contributed by atoms with Gasteiger partial charge < -0.3 is 10.6 Å². The van der Waals surface area contributed by atoms with Gasteiger partial charge in [0.05, 0.1) is 6.04 Å². The summed E-state index contributed by atoms with van der Waals surface area (Å²) in [5.74, 6) is 5.45. The van der Waals surface area contributed by atoms with Gasteiger partial charge in [-0.2, -0.15) is 0 Å². The molecule has 5 fully saturated rings. The molecule has 2 bridgehead atoms. The van der Waals surface area contributed by atoms with E-state index in [0.717, 1.165) is 36.1 Å². The van der Waals surface area contributed by atoms with Gasteiger partial charge in [-0.25, -0.2) is 0 Å². The Morgan fingerprint density at radius 2 is 1.67 bits per heavy atom. The molecular weight excluding hydrogens is 260 g/mol. The third-order valence-electron chi connectivity index (χ3n) is 7.78. The second-order valence-electron chi connectivity index (χ2n) is 8.51. The molecule has 0 aromatic carbocycles. The molecule has 8 unspecified atom stereocenters. The first kappa shape index (κ1) is 12.9. The van der Waals surface area contributed by atoms with Crippen molar-refractivity contribution in [3.8, 4) is 0 Å². The van der Waals surface area contributed by atoms with Crippen molar-refractivity contribution < 1.29 is 4.79 Å². The summed E-state index contributed by atoms with van der Waals surface area (Å²) in [7, 11) is 0. The lowest BCUT2D eigenvalue weighted by Gasteiger charge is -2.33. The molecule has 21 heavy (non-hydrogen) atoms. The summed E-state index contributed by atoms with van der Waals surface area (Å²) >= 11 is 0. The fraction of sp³-hybridized carbons (Fsp3) is 0.944. The van der Waals surface area contributed by atoms with Gasteiger partial charge in [-0.05, 0) is 80.6 Å². The summed E-state index contributed by atoms with van der Waals surface area (Å²) in [6.07, 6.45) is 11.0. The van der Waals surface area contributed by atoms with Crippen molar-refractivity contribution >= 4 is 5.91 Å². The zero-order valence-corrected chi connectivity index (χ0v) is 12.9. The summed E-state index contributed by atoms with van der Waals surface area (Å²) in [4.78, 5) is 12.7. The SMILES string of the molecule is O=C(NC1CC2CC1C1CCCC21)C1NCC2CCCC21. The van der Waals surface area contributed by atoms with Gasteiger partial charge in [0.2, 0.25) is 5.91 Å². The predicted molar refractivity (Wildman–Crippen MR) is 81.6 cm³/mol. The Balaban J connectivity index is 1.25. The third-order valence-corrected chi connectivity index (χ3v) is 7.78. The van der Waals surface area contributed by atoms with Crippen LogP contribution in [0.2, 0.25) is 0 Å². The van der Waals surface area contributed by atoms with Crippen LogP contribution in [0.5, 0.6) is 0 Å². The molecule has 4 aliphatic carbocycles. The van der Waals surface area contributed by atoms with Gasteiger partial charge in [0.1, 0.15) is 0 Å². The molecule has 1 amide bonds. The van der Waals surface area contributed by atoms with E-state index in [-0.39, 0.29) is 6.04 Å². The molecule has 2 N–H and O–H groups in total. The molecule has 5 rings (SSSR count). The van der Waals surface area contributed by atoms with Crippen LogP contribution in [0, 0.1) is 35.5 Å². The van der Waals surface area contributed by atoms with Gasteiger partial charge in [0.15, 0.2) is 0 Å². The Labute approximate surface area is 127 Å². The van der Waals surface area contributed by atoms with Crippen molar-refractivity contribution in [1.29, 1.82) is 0 Å². The number of fused-ring (bicyclic) bond motifs is 6. The molecule has 3 heteroatoms. The van der Waals surface area contributed by atoms with Gasteiger partial charge in [-0.15, -0.1) is 0 Å². The second kappa shape index (κ2) is 4.71. The van der Waals surface area contributed by atoms with E-state index in [1.165, 1.54) is 51.4 Å². The van der Waals surface area contributed by atoms with Crippen LogP contribution in [0.3, 0.4) is 0 Å². The summed E-state index contributed by atoms with van der Waals surface area (Å²) in [6, 6.07) is 0.625. The summed E-state index contributed by atoms with van der Waals surface area (Å²) < 4.78 is 0. The molecule has 5 aliphatic rings. The van der Waals surface area contributed by atoms with Crippen molar-refractivity contribution in [2.45, 2.75) is 63.5 Å². The fourth-order valence-electron chi connectivity index (χ4n) is 6.98. The van der Waals surface area contributed by atoms with E-state index in [2.05, 4.69) is 10.6 Å². The molecule has 116 valence electrons. The molecular formula is C18H28N2O. The number of nitrogens with one attached hydrogen (secondary N) is 2. The van der Waals surface area contributed by atoms with E-state index >= 15 is 0 Å². The number of hydrogen-bond donors (Lipinski definition) is 2. The molecule has 3 nitrogen and oxygen atoms in total. The van der Waals surface area contributed by atoms with Crippen LogP contribution in [0.1, 0.15) is 51.4 Å². The normalized spacial score (nSPS) is 53.9. The first-order valence-electron chi connectivity index (χ1n) is 9.35. The maximum absolute atomic E-state index is 12.7. The van der Waals surface area contributed by atoms with Crippen LogP contribution in [-0.4, -0.2) is 24.5 Å². The molecule has 0 aromatic rings. The monoisotopic (exact) mass is 288 g/mol. The third kappa shape index (κ3) is 1.85. The van der Waals surface area contributed by atoms with Gasteiger partial charge in [0, 0.05) is 6.04 Å². The Morgan fingerprint density at radius 1 is 0.857 bits per heavy atom. The minimum absolute atomic E-state index is 0.121. The van der Waals surface area contributed by atoms with Crippen LogP contribution in [-0.2, 0) is 4.79 Å².